The van der Waals surface area contributed by atoms with Crippen LogP contribution in [0.2, 0.25) is 0 Å². The van der Waals surface area contributed by atoms with Gasteiger partial charge in [-0.3, -0.25) is 4.79 Å². The second-order valence-corrected chi connectivity index (χ2v) is 5.80. The highest BCUT2D eigenvalue weighted by Crippen LogP contribution is 2.20. The summed E-state index contributed by atoms with van der Waals surface area (Å²) < 4.78 is 5.36. The van der Waals surface area contributed by atoms with Crippen molar-refractivity contribution in [2.24, 2.45) is 0 Å². The van der Waals surface area contributed by atoms with Gasteiger partial charge in [0.15, 0.2) is 11.8 Å². The molecular weight excluding hydrogens is 298 g/mol. The Hall–Kier alpha value is -1.73. The van der Waals surface area contributed by atoms with Gasteiger partial charge in [0.05, 0.1) is 5.75 Å². The van der Waals surface area contributed by atoms with Crippen LogP contribution in [0, 0.1) is 0 Å². The maximum atomic E-state index is 12.0. The van der Waals surface area contributed by atoms with E-state index in [2.05, 4.69) is 5.32 Å². The number of carboxylic acid groups (broad SMARTS) is 1. The molecule has 0 aliphatic carbocycles. The fourth-order valence-corrected chi connectivity index (χ4v) is 2.84. The number of aliphatic carboxylic acids is 1. The summed E-state index contributed by atoms with van der Waals surface area (Å²) in [7, 11) is 0. The van der Waals surface area contributed by atoms with Crippen LogP contribution < -0.4 is 5.32 Å². The molecule has 0 aromatic carbocycles. The van der Waals surface area contributed by atoms with Crippen LogP contribution in [0.25, 0.3) is 0 Å². The zero-order chi connectivity index (χ0) is 14.5. The molecule has 0 saturated heterocycles. The summed E-state index contributed by atoms with van der Waals surface area (Å²) in [6, 6.07) is 5.62. The van der Waals surface area contributed by atoms with Crippen molar-refractivity contribution in [3.8, 4) is 0 Å². The number of thiophene rings is 1. The number of hydrogen-bond acceptors (Lipinski definition) is 5. The molecule has 106 valence electrons. The Morgan fingerprint density at radius 2 is 2.25 bits per heavy atom. The van der Waals surface area contributed by atoms with Crippen molar-refractivity contribution >= 4 is 35.0 Å². The standard InChI is InChI=1S/C13H13NO4S2/c1-19-7-8-4-5-9(18-8)12(15)14-11(13(16)17)10-3-2-6-20-10/h2-6,11H,7H2,1H3,(H,14,15)(H,16,17). The first-order valence-electron chi connectivity index (χ1n) is 5.76. The lowest BCUT2D eigenvalue weighted by Crippen LogP contribution is -2.33. The number of carbonyl (C=O) groups is 2. The Labute approximate surface area is 124 Å². The fraction of sp³-hybridized carbons (Fsp3) is 0.231. The molecule has 2 heterocycles. The monoisotopic (exact) mass is 311 g/mol. The molecule has 0 aliphatic rings. The van der Waals surface area contributed by atoms with Crippen LogP contribution in [0.5, 0.6) is 0 Å². The molecule has 2 aromatic rings. The van der Waals surface area contributed by atoms with Gasteiger partial charge in [0.25, 0.3) is 5.91 Å². The van der Waals surface area contributed by atoms with Gasteiger partial charge in [-0.15, -0.1) is 11.3 Å². The predicted octanol–water partition coefficient (Wildman–Crippen LogP) is 2.76. The molecule has 20 heavy (non-hydrogen) atoms. The average Bonchev–Trinajstić information content (AvgIpc) is 3.06. The van der Waals surface area contributed by atoms with Gasteiger partial charge in [0, 0.05) is 4.88 Å². The quantitative estimate of drug-likeness (QED) is 0.857. The zero-order valence-electron chi connectivity index (χ0n) is 10.7. The van der Waals surface area contributed by atoms with Gasteiger partial charge in [-0.1, -0.05) is 6.07 Å². The summed E-state index contributed by atoms with van der Waals surface area (Å²) in [6.45, 7) is 0. The molecule has 5 nitrogen and oxygen atoms in total. The Bertz CT molecular complexity index is 591. The third-order valence-corrected chi connectivity index (χ3v) is 4.03. The van der Waals surface area contributed by atoms with E-state index in [0.717, 1.165) is 0 Å². The number of nitrogens with one attached hydrogen (secondary N) is 1. The summed E-state index contributed by atoms with van der Waals surface area (Å²) in [5, 5.41) is 13.4. The number of rotatable bonds is 6. The van der Waals surface area contributed by atoms with Crippen molar-refractivity contribution in [1.82, 2.24) is 5.32 Å². The SMILES string of the molecule is CSCc1ccc(C(=O)NC(C(=O)O)c2cccs2)o1. The second kappa shape index (κ2) is 6.62. The van der Waals surface area contributed by atoms with Crippen LogP contribution in [0.3, 0.4) is 0 Å². The molecule has 0 spiro atoms. The Morgan fingerprint density at radius 3 is 2.85 bits per heavy atom. The lowest BCUT2D eigenvalue weighted by atomic mass is 10.2. The fourth-order valence-electron chi connectivity index (χ4n) is 1.63. The number of furan rings is 1. The van der Waals surface area contributed by atoms with E-state index in [-0.39, 0.29) is 5.76 Å². The van der Waals surface area contributed by atoms with Gasteiger partial charge in [-0.2, -0.15) is 11.8 Å². The maximum Gasteiger partial charge on any atom is 0.331 e. The van der Waals surface area contributed by atoms with E-state index in [1.54, 1.807) is 41.4 Å². The third-order valence-electron chi connectivity index (χ3n) is 2.52. The van der Waals surface area contributed by atoms with E-state index < -0.39 is 17.9 Å². The first-order valence-corrected chi connectivity index (χ1v) is 8.04. The van der Waals surface area contributed by atoms with Crippen molar-refractivity contribution < 1.29 is 19.1 Å². The Morgan fingerprint density at radius 1 is 1.45 bits per heavy atom. The van der Waals surface area contributed by atoms with Gasteiger partial charge in [0.1, 0.15) is 5.76 Å². The molecule has 1 atom stereocenters. The molecule has 0 radical (unpaired) electrons. The lowest BCUT2D eigenvalue weighted by Gasteiger charge is -2.11. The predicted molar refractivity (Wildman–Crippen MR) is 78.1 cm³/mol. The molecule has 2 N–H and O–H groups in total. The largest absolute Gasteiger partial charge is 0.479 e. The highest BCUT2D eigenvalue weighted by molar-refractivity contribution is 7.97. The van der Waals surface area contributed by atoms with Gasteiger partial charge in [-0.05, 0) is 29.8 Å². The minimum atomic E-state index is -1.10. The molecule has 2 aromatic heterocycles. The Kier molecular flexibility index (Phi) is 4.86. The van der Waals surface area contributed by atoms with Crippen LogP contribution in [-0.2, 0) is 10.5 Å². The number of carbonyl (C=O) groups excluding carboxylic acids is 1. The van der Waals surface area contributed by atoms with Crippen molar-refractivity contribution in [3.05, 3.63) is 46.0 Å². The normalized spacial score (nSPS) is 12.1. The number of carboxylic acids is 1. The van der Waals surface area contributed by atoms with Crippen LogP contribution in [0.15, 0.2) is 34.1 Å². The first kappa shape index (κ1) is 14.7. The number of thioether (sulfide) groups is 1. The van der Waals surface area contributed by atoms with E-state index >= 15 is 0 Å². The minimum absolute atomic E-state index is 0.122. The van der Waals surface area contributed by atoms with E-state index in [0.29, 0.717) is 16.4 Å². The molecule has 0 fully saturated rings. The molecular formula is C13H13NO4S2. The Balaban J connectivity index is 2.10. The number of amides is 1. The van der Waals surface area contributed by atoms with E-state index in [4.69, 9.17) is 4.42 Å². The van der Waals surface area contributed by atoms with Crippen molar-refractivity contribution in [2.75, 3.05) is 6.26 Å². The highest BCUT2D eigenvalue weighted by Gasteiger charge is 2.24. The zero-order valence-corrected chi connectivity index (χ0v) is 12.3. The summed E-state index contributed by atoms with van der Waals surface area (Å²) >= 11 is 2.86. The summed E-state index contributed by atoms with van der Waals surface area (Å²) in [5.74, 6) is -0.155. The molecule has 0 saturated carbocycles. The van der Waals surface area contributed by atoms with Crippen molar-refractivity contribution in [3.63, 3.8) is 0 Å². The third kappa shape index (κ3) is 3.43. The molecule has 0 bridgehead atoms. The molecule has 2 rings (SSSR count). The van der Waals surface area contributed by atoms with Gasteiger partial charge < -0.3 is 14.8 Å². The van der Waals surface area contributed by atoms with Crippen molar-refractivity contribution in [1.29, 1.82) is 0 Å². The van der Waals surface area contributed by atoms with Crippen LogP contribution >= 0.6 is 23.1 Å². The topological polar surface area (TPSA) is 79.5 Å². The van der Waals surface area contributed by atoms with Gasteiger partial charge in [0.2, 0.25) is 0 Å². The van der Waals surface area contributed by atoms with Gasteiger partial charge >= 0.3 is 5.97 Å². The maximum absolute atomic E-state index is 12.0. The molecule has 1 unspecified atom stereocenters. The summed E-state index contributed by atoms with van der Waals surface area (Å²) in [6.07, 6.45) is 1.93. The first-order chi connectivity index (χ1) is 9.61. The lowest BCUT2D eigenvalue weighted by molar-refractivity contribution is -0.139. The average molecular weight is 311 g/mol. The van der Waals surface area contributed by atoms with Crippen LogP contribution in [0.1, 0.15) is 27.2 Å². The highest BCUT2D eigenvalue weighted by atomic mass is 32.2. The van der Waals surface area contributed by atoms with E-state index in [1.807, 2.05) is 6.26 Å². The number of hydrogen-bond donors (Lipinski definition) is 2. The smallest absolute Gasteiger partial charge is 0.331 e. The molecule has 7 heteroatoms. The van der Waals surface area contributed by atoms with Gasteiger partial charge in [-0.25, -0.2) is 4.79 Å². The van der Waals surface area contributed by atoms with Crippen LogP contribution in [-0.4, -0.2) is 23.2 Å². The van der Waals surface area contributed by atoms with Crippen molar-refractivity contribution in [2.45, 2.75) is 11.8 Å². The van der Waals surface area contributed by atoms with E-state index in [1.165, 1.54) is 11.3 Å². The summed E-state index contributed by atoms with van der Waals surface area (Å²) in [5.41, 5.74) is 0. The molecule has 1 amide bonds. The second-order valence-electron chi connectivity index (χ2n) is 3.96. The molecule has 0 aliphatic heterocycles. The minimum Gasteiger partial charge on any atom is -0.479 e. The summed E-state index contributed by atoms with van der Waals surface area (Å²) in [4.78, 5) is 23.8. The van der Waals surface area contributed by atoms with Crippen LogP contribution in [0.4, 0.5) is 0 Å². The van der Waals surface area contributed by atoms with E-state index in [9.17, 15) is 14.7 Å².